The SMILES string of the molecule is Cc1c(Cl)cccc1NC(=O)CSCCOc1ccc(Cl)cc1. The second-order valence-corrected chi connectivity index (χ2v) is 6.76. The Hall–Kier alpha value is -1.36. The first-order chi connectivity index (χ1) is 11.1. The Balaban J connectivity index is 1.67. The van der Waals surface area contributed by atoms with Gasteiger partial charge in [0, 0.05) is 21.5 Å². The number of benzene rings is 2. The van der Waals surface area contributed by atoms with E-state index in [4.69, 9.17) is 27.9 Å². The van der Waals surface area contributed by atoms with Gasteiger partial charge in [0.05, 0.1) is 12.4 Å². The van der Waals surface area contributed by atoms with Crippen molar-refractivity contribution in [2.24, 2.45) is 0 Å². The molecule has 0 aliphatic rings. The van der Waals surface area contributed by atoms with E-state index in [1.54, 1.807) is 18.2 Å². The van der Waals surface area contributed by atoms with Gasteiger partial charge in [-0.1, -0.05) is 29.3 Å². The Morgan fingerprint density at radius 2 is 1.91 bits per heavy atom. The van der Waals surface area contributed by atoms with Crippen LogP contribution in [0, 0.1) is 6.92 Å². The fourth-order valence-electron chi connectivity index (χ4n) is 1.84. The van der Waals surface area contributed by atoms with Gasteiger partial charge in [-0.25, -0.2) is 0 Å². The van der Waals surface area contributed by atoms with Crippen molar-refractivity contribution in [2.45, 2.75) is 6.92 Å². The third-order valence-corrected chi connectivity index (χ3v) is 4.67. The Bertz CT molecular complexity index is 662. The molecule has 0 spiro atoms. The highest BCUT2D eigenvalue weighted by molar-refractivity contribution is 7.99. The maximum absolute atomic E-state index is 11.9. The first kappa shape index (κ1) is 18.0. The summed E-state index contributed by atoms with van der Waals surface area (Å²) in [5.41, 5.74) is 1.62. The van der Waals surface area contributed by atoms with E-state index in [9.17, 15) is 4.79 Å². The predicted molar refractivity (Wildman–Crippen MR) is 99.1 cm³/mol. The highest BCUT2D eigenvalue weighted by atomic mass is 35.5. The number of amides is 1. The Morgan fingerprint density at radius 3 is 2.65 bits per heavy atom. The van der Waals surface area contributed by atoms with Crippen LogP contribution in [0.3, 0.4) is 0 Å². The number of carbonyl (C=O) groups excluding carboxylic acids is 1. The largest absolute Gasteiger partial charge is 0.493 e. The predicted octanol–water partition coefficient (Wildman–Crippen LogP) is 5.05. The van der Waals surface area contributed by atoms with Crippen molar-refractivity contribution in [3.8, 4) is 5.75 Å². The molecule has 122 valence electrons. The zero-order valence-corrected chi connectivity index (χ0v) is 15.0. The van der Waals surface area contributed by atoms with Crippen LogP contribution in [-0.4, -0.2) is 24.0 Å². The summed E-state index contributed by atoms with van der Waals surface area (Å²) in [5.74, 6) is 1.82. The quantitative estimate of drug-likeness (QED) is 0.693. The minimum atomic E-state index is -0.0492. The molecule has 6 heteroatoms. The normalized spacial score (nSPS) is 10.4. The number of carbonyl (C=O) groups is 1. The van der Waals surface area contributed by atoms with Gasteiger partial charge in [-0.2, -0.15) is 0 Å². The van der Waals surface area contributed by atoms with Crippen LogP contribution < -0.4 is 10.1 Å². The molecule has 0 heterocycles. The zero-order chi connectivity index (χ0) is 16.7. The highest BCUT2D eigenvalue weighted by Crippen LogP contribution is 2.23. The molecule has 3 nitrogen and oxygen atoms in total. The van der Waals surface area contributed by atoms with Crippen LogP contribution in [0.2, 0.25) is 10.0 Å². The maximum Gasteiger partial charge on any atom is 0.234 e. The summed E-state index contributed by atoms with van der Waals surface area (Å²) < 4.78 is 5.57. The van der Waals surface area contributed by atoms with Gasteiger partial charge in [0.15, 0.2) is 0 Å². The van der Waals surface area contributed by atoms with Crippen LogP contribution in [0.1, 0.15) is 5.56 Å². The summed E-state index contributed by atoms with van der Waals surface area (Å²) in [6.07, 6.45) is 0. The average Bonchev–Trinajstić information content (AvgIpc) is 2.53. The molecular formula is C17H17Cl2NO2S. The molecule has 0 saturated carbocycles. The van der Waals surface area contributed by atoms with E-state index >= 15 is 0 Å². The van der Waals surface area contributed by atoms with Crippen LogP contribution >= 0.6 is 35.0 Å². The van der Waals surface area contributed by atoms with E-state index in [2.05, 4.69) is 5.32 Å². The van der Waals surface area contributed by atoms with Gasteiger partial charge in [0.1, 0.15) is 5.75 Å². The van der Waals surface area contributed by atoms with E-state index in [0.29, 0.717) is 22.4 Å². The number of nitrogens with one attached hydrogen (secondary N) is 1. The topological polar surface area (TPSA) is 38.3 Å². The molecule has 0 aliphatic carbocycles. The molecule has 0 bridgehead atoms. The fourth-order valence-corrected chi connectivity index (χ4v) is 2.75. The Labute approximate surface area is 150 Å². The summed E-state index contributed by atoms with van der Waals surface area (Å²) in [4.78, 5) is 11.9. The van der Waals surface area contributed by atoms with E-state index < -0.39 is 0 Å². The summed E-state index contributed by atoms with van der Waals surface area (Å²) >= 11 is 13.4. The Morgan fingerprint density at radius 1 is 1.17 bits per heavy atom. The minimum absolute atomic E-state index is 0.0492. The third-order valence-electron chi connectivity index (χ3n) is 3.08. The van der Waals surface area contributed by atoms with Gasteiger partial charge in [0.2, 0.25) is 5.91 Å². The van der Waals surface area contributed by atoms with Gasteiger partial charge in [-0.05, 0) is 48.9 Å². The molecule has 0 aromatic heterocycles. The lowest BCUT2D eigenvalue weighted by atomic mass is 10.2. The van der Waals surface area contributed by atoms with Gasteiger partial charge in [-0.3, -0.25) is 4.79 Å². The molecule has 0 saturated heterocycles. The lowest BCUT2D eigenvalue weighted by Gasteiger charge is -2.09. The number of thioether (sulfide) groups is 1. The smallest absolute Gasteiger partial charge is 0.234 e. The van der Waals surface area contributed by atoms with Crippen molar-refractivity contribution in [3.05, 3.63) is 58.1 Å². The first-order valence-corrected chi connectivity index (χ1v) is 8.98. The summed E-state index contributed by atoms with van der Waals surface area (Å²) in [6, 6.07) is 12.7. The highest BCUT2D eigenvalue weighted by Gasteiger charge is 2.06. The standard InChI is InChI=1S/C17H17Cl2NO2S/c1-12-15(19)3-2-4-16(12)20-17(21)11-23-10-9-22-14-7-5-13(18)6-8-14/h2-8H,9-11H2,1H3,(H,20,21). The number of ether oxygens (including phenoxy) is 1. The van der Waals surface area contributed by atoms with E-state index in [1.807, 2.05) is 31.2 Å². The summed E-state index contributed by atoms with van der Waals surface area (Å²) in [7, 11) is 0. The van der Waals surface area contributed by atoms with Gasteiger partial charge >= 0.3 is 0 Å². The zero-order valence-electron chi connectivity index (χ0n) is 12.6. The van der Waals surface area contributed by atoms with Crippen molar-refractivity contribution in [1.29, 1.82) is 0 Å². The number of hydrogen-bond donors (Lipinski definition) is 1. The molecular weight excluding hydrogens is 353 g/mol. The molecule has 23 heavy (non-hydrogen) atoms. The molecule has 0 aliphatic heterocycles. The molecule has 2 aromatic carbocycles. The summed E-state index contributed by atoms with van der Waals surface area (Å²) in [5, 5.41) is 4.19. The van der Waals surface area contributed by atoms with Crippen molar-refractivity contribution in [2.75, 3.05) is 23.4 Å². The molecule has 2 aromatic rings. The van der Waals surface area contributed by atoms with Gasteiger partial charge in [-0.15, -0.1) is 11.8 Å². The maximum atomic E-state index is 11.9. The number of rotatable bonds is 7. The van der Waals surface area contributed by atoms with E-state index in [-0.39, 0.29) is 5.91 Å². The Kier molecular flexibility index (Phi) is 7.09. The van der Waals surface area contributed by atoms with Crippen LogP contribution in [0.5, 0.6) is 5.75 Å². The fraction of sp³-hybridized carbons (Fsp3) is 0.235. The van der Waals surface area contributed by atoms with Crippen molar-refractivity contribution < 1.29 is 9.53 Å². The second-order valence-electron chi connectivity index (χ2n) is 4.82. The number of halogens is 2. The lowest BCUT2D eigenvalue weighted by Crippen LogP contribution is -2.16. The monoisotopic (exact) mass is 369 g/mol. The van der Waals surface area contributed by atoms with Crippen molar-refractivity contribution >= 4 is 46.6 Å². The molecule has 1 N–H and O–H groups in total. The van der Waals surface area contributed by atoms with Gasteiger partial charge < -0.3 is 10.1 Å². The molecule has 0 atom stereocenters. The van der Waals surface area contributed by atoms with Crippen LogP contribution in [0.25, 0.3) is 0 Å². The van der Waals surface area contributed by atoms with Crippen molar-refractivity contribution in [1.82, 2.24) is 0 Å². The third kappa shape index (κ3) is 5.98. The van der Waals surface area contributed by atoms with E-state index in [1.165, 1.54) is 11.8 Å². The number of anilines is 1. The minimum Gasteiger partial charge on any atom is -0.493 e. The number of hydrogen-bond acceptors (Lipinski definition) is 3. The lowest BCUT2D eigenvalue weighted by molar-refractivity contribution is -0.113. The molecule has 0 unspecified atom stereocenters. The van der Waals surface area contributed by atoms with Crippen LogP contribution in [0.4, 0.5) is 5.69 Å². The van der Waals surface area contributed by atoms with Crippen LogP contribution in [-0.2, 0) is 4.79 Å². The van der Waals surface area contributed by atoms with Gasteiger partial charge in [0.25, 0.3) is 0 Å². The first-order valence-electron chi connectivity index (χ1n) is 7.07. The summed E-state index contributed by atoms with van der Waals surface area (Å²) in [6.45, 7) is 2.42. The molecule has 1 amide bonds. The average molecular weight is 370 g/mol. The second kappa shape index (κ2) is 9.06. The van der Waals surface area contributed by atoms with Crippen molar-refractivity contribution in [3.63, 3.8) is 0 Å². The van der Waals surface area contributed by atoms with Crippen LogP contribution in [0.15, 0.2) is 42.5 Å². The van der Waals surface area contributed by atoms with E-state index in [0.717, 1.165) is 22.8 Å². The molecule has 0 fully saturated rings. The molecule has 0 radical (unpaired) electrons. The molecule has 2 rings (SSSR count).